The average molecular weight is 605 g/mol. The van der Waals surface area contributed by atoms with E-state index >= 15 is 0 Å². The van der Waals surface area contributed by atoms with Crippen molar-refractivity contribution in [2.24, 2.45) is 0 Å². The van der Waals surface area contributed by atoms with Gasteiger partial charge in [0.05, 0.1) is 11.4 Å². The highest BCUT2D eigenvalue weighted by molar-refractivity contribution is 9.11. The van der Waals surface area contributed by atoms with Gasteiger partial charge in [-0.25, -0.2) is 0 Å². The van der Waals surface area contributed by atoms with E-state index in [0.29, 0.717) is 20.3 Å². The molecule has 9 heteroatoms. The number of anilines is 2. The number of hydrogen-bond acceptors (Lipinski definition) is 3. The Balaban J connectivity index is 2.50. The molecule has 24 heavy (non-hydrogen) atoms. The highest BCUT2D eigenvalue weighted by Crippen LogP contribution is 2.40. The van der Waals surface area contributed by atoms with Gasteiger partial charge in [0.15, 0.2) is 0 Å². The molecule has 3 N–H and O–H groups in total. The second-order valence-corrected chi connectivity index (χ2v) is 9.15. The number of nitrogen functional groups attached to an aromatic ring is 1. The summed E-state index contributed by atoms with van der Waals surface area (Å²) in [6.07, 6.45) is 0.877. The van der Waals surface area contributed by atoms with Crippen molar-refractivity contribution < 1.29 is 8.76 Å². The van der Waals surface area contributed by atoms with Crippen LogP contribution in [0.3, 0.4) is 0 Å². The number of nitrogens with one attached hydrogen (secondary N) is 1. The summed E-state index contributed by atoms with van der Waals surface area (Å²) in [5, 5.41) is 0. The summed E-state index contributed by atoms with van der Waals surface area (Å²) in [6, 6.07) is 7.86. The Labute approximate surface area is 176 Å². The number of rotatable bonds is 5. The maximum absolute atomic E-state index is 10.9. The van der Waals surface area contributed by atoms with Gasteiger partial charge in [0.2, 0.25) is 0 Å². The fourth-order valence-corrected chi connectivity index (χ4v) is 5.73. The molecule has 2 rings (SSSR count). The average Bonchev–Trinajstić information content (AvgIpc) is 2.49. The molecule has 0 radical (unpaired) electrons. The van der Waals surface area contributed by atoms with Crippen molar-refractivity contribution in [1.82, 2.24) is 0 Å². The highest BCUT2D eigenvalue weighted by Gasteiger charge is 2.18. The molecule has 4 nitrogen and oxygen atoms in total. The molecule has 0 amide bonds. The predicted molar refractivity (Wildman–Crippen MR) is 113 cm³/mol. The fourth-order valence-electron chi connectivity index (χ4n) is 2.44. The SMILES string of the molecule is CCC(c1cc(Br)c(N)c(Br)c1)c1cc(Br)c(NS(=O)[O-])c(Br)c1. The lowest BCUT2D eigenvalue weighted by Gasteiger charge is -2.20. The summed E-state index contributed by atoms with van der Waals surface area (Å²) >= 11 is 11.4. The third-order valence-electron chi connectivity index (χ3n) is 3.56. The van der Waals surface area contributed by atoms with Crippen LogP contribution < -0.4 is 10.5 Å². The number of halogens is 4. The molecular formula is C15H13Br4N2O2S-. The van der Waals surface area contributed by atoms with E-state index in [2.05, 4.69) is 75.4 Å². The van der Waals surface area contributed by atoms with Crippen molar-refractivity contribution in [1.29, 1.82) is 0 Å². The predicted octanol–water partition coefficient (Wildman–Crippen LogP) is 6.07. The smallest absolute Gasteiger partial charge is 0.0738 e. The zero-order chi connectivity index (χ0) is 18.0. The van der Waals surface area contributed by atoms with Gasteiger partial charge < -0.3 is 15.0 Å². The Bertz CT molecular complexity index is 755. The van der Waals surface area contributed by atoms with Crippen LogP contribution in [-0.2, 0) is 11.3 Å². The van der Waals surface area contributed by atoms with Crippen LogP contribution in [0, 0.1) is 0 Å². The Morgan fingerprint density at radius 3 is 1.83 bits per heavy atom. The zero-order valence-electron chi connectivity index (χ0n) is 12.4. The summed E-state index contributed by atoms with van der Waals surface area (Å²) in [4.78, 5) is 0. The second-order valence-electron chi connectivity index (χ2n) is 5.06. The third kappa shape index (κ3) is 4.62. The van der Waals surface area contributed by atoms with Gasteiger partial charge in [-0.2, -0.15) is 0 Å². The van der Waals surface area contributed by atoms with E-state index in [-0.39, 0.29) is 5.92 Å². The molecule has 0 saturated carbocycles. The normalized spacial score (nSPS) is 13.6. The van der Waals surface area contributed by atoms with Crippen LogP contribution in [-0.4, -0.2) is 8.76 Å². The lowest BCUT2D eigenvalue weighted by molar-refractivity contribution is 0.542. The van der Waals surface area contributed by atoms with Crippen LogP contribution in [0.25, 0.3) is 0 Å². The first kappa shape index (κ1) is 20.4. The Morgan fingerprint density at radius 1 is 1.04 bits per heavy atom. The van der Waals surface area contributed by atoms with Crippen LogP contribution in [0.1, 0.15) is 30.4 Å². The van der Waals surface area contributed by atoms with E-state index in [9.17, 15) is 8.76 Å². The number of nitrogens with two attached hydrogens (primary N) is 1. The van der Waals surface area contributed by atoms with E-state index in [1.807, 2.05) is 24.3 Å². The molecule has 0 aliphatic heterocycles. The van der Waals surface area contributed by atoms with Gasteiger partial charge in [-0.3, -0.25) is 4.21 Å². The number of benzene rings is 2. The maximum Gasteiger partial charge on any atom is 0.0738 e. The summed E-state index contributed by atoms with van der Waals surface area (Å²) in [5.74, 6) is 0.137. The molecule has 0 aliphatic carbocycles. The Morgan fingerprint density at radius 2 is 1.46 bits per heavy atom. The van der Waals surface area contributed by atoms with Crippen LogP contribution in [0.5, 0.6) is 0 Å². The topological polar surface area (TPSA) is 78.2 Å². The summed E-state index contributed by atoms with van der Waals surface area (Å²) in [6.45, 7) is 2.10. The minimum atomic E-state index is -2.39. The van der Waals surface area contributed by atoms with E-state index < -0.39 is 11.3 Å². The van der Waals surface area contributed by atoms with Gasteiger partial charge in [-0.1, -0.05) is 6.92 Å². The molecule has 2 aromatic rings. The first-order chi connectivity index (χ1) is 11.2. The molecule has 2 unspecified atom stereocenters. The largest absolute Gasteiger partial charge is 0.755 e. The molecule has 0 fully saturated rings. The summed E-state index contributed by atoms with van der Waals surface area (Å²) < 4.78 is 27.2. The molecule has 2 aromatic carbocycles. The highest BCUT2D eigenvalue weighted by atomic mass is 79.9. The molecule has 0 aliphatic rings. The van der Waals surface area contributed by atoms with Crippen LogP contribution in [0.15, 0.2) is 42.2 Å². The third-order valence-corrected chi connectivity index (χ3v) is 6.50. The van der Waals surface area contributed by atoms with Crippen molar-refractivity contribution in [2.75, 3.05) is 10.5 Å². The fraction of sp³-hybridized carbons (Fsp3) is 0.200. The van der Waals surface area contributed by atoms with Gasteiger partial charge >= 0.3 is 0 Å². The van der Waals surface area contributed by atoms with E-state index in [1.165, 1.54) is 0 Å². The molecule has 0 saturated heterocycles. The zero-order valence-corrected chi connectivity index (χ0v) is 19.6. The molecule has 0 spiro atoms. The quantitative estimate of drug-likeness (QED) is 0.321. The second kappa shape index (κ2) is 8.64. The monoisotopic (exact) mass is 601 g/mol. The Hall–Kier alpha value is 0.0700. The van der Waals surface area contributed by atoms with Gasteiger partial charge in [0, 0.05) is 35.1 Å². The van der Waals surface area contributed by atoms with Crippen molar-refractivity contribution >= 4 is 86.4 Å². The molecule has 0 heterocycles. The van der Waals surface area contributed by atoms with Crippen molar-refractivity contribution in [3.05, 3.63) is 53.3 Å². The number of hydrogen-bond donors (Lipinski definition) is 2. The lowest BCUT2D eigenvalue weighted by Crippen LogP contribution is -2.06. The minimum Gasteiger partial charge on any atom is -0.755 e. The van der Waals surface area contributed by atoms with Crippen molar-refractivity contribution in [3.8, 4) is 0 Å². The minimum absolute atomic E-state index is 0.137. The summed E-state index contributed by atoms with van der Waals surface area (Å²) in [7, 11) is 0. The van der Waals surface area contributed by atoms with E-state index in [0.717, 1.165) is 26.5 Å². The van der Waals surface area contributed by atoms with Gasteiger partial charge in [-0.15, -0.1) is 0 Å². The van der Waals surface area contributed by atoms with E-state index in [4.69, 9.17) is 5.73 Å². The van der Waals surface area contributed by atoms with Crippen LogP contribution in [0.4, 0.5) is 11.4 Å². The standard InChI is InChI=1S/C15H14Br4N2O2S/c1-2-9(7-3-10(16)14(20)11(17)4-7)8-5-12(18)15(13(19)6-8)21-24(22)23/h3-6,9,21H,2,20H2,1H3,(H,22,23)/p-1. The van der Waals surface area contributed by atoms with Gasteiger partial charge in [-0.05, 0) is 106 Å². The van der Waals surface area contributed by atoms with Crippen molar-refractivity contribution in [2.45, 2.75) is 19.3 Å². The molecule has 2 atom stereocenters. The van der Waals surface area contributed by atoms with Crippen molar-refractivity contribution in [3.63, 3.8) is 0 Å². The maximum atomic E-state index is 10.9. The van der Waals surface area contributed by atoms with Crippen LogP contribution >= 0.6 is 63.7 Å². The lowest BCUT2D eigenvalue weighted by atomic mass is 9.89. The first-order valence-corrected chi connectivity index (χ1v) is 11.1. The molecule has 0 aromatic heterocycles. The van der Waals surface area contributed by atoms with E-state index in [1.54, 1.807) is 0 Å². The molecular weight excluding hydrogens is 592 g/mol. The van der Waals surface area contributed by atoms with Crippen LogP contribution in [0.2, 0.25) is 0 Å². The first-order valence-electron chi connectivity index (χ1n) is 6.83. The van der Waals surface area contributed by atoms with Gasteiger partial charge in [0.1, 0.15) is 0 Å². The Kier molecular flexibility index (Phi) is 7.34. The van der Waals surface area contributed by atoms with Gasteiger partial charge in [0.25, 0.3) is 0 Å². The summed E-state index contributed by atoms with van der Waals surface area (Å²) in [5.41, 5.74) is 9.27. The molecule has 130 valence electrons. The molecule has 0 bridgehead atoms.